The number of hydrogen-bond acceptors (Lipinski definition) is 2. The van der Waals surface area contributed by atoms with Crippen molar-refractivity contribution < 1.29 is 9.13 Å². The van der Waals surface area contributed by atoms with Crippen LogP contribution in [0.2, 0.25) is 0 Å². The maximum Gasteiger partial charge on any atom is 0.218 e. The van der Waals surface area contributed by atoms with E-state index in [-0.39, 0.29) is 5.88 Å². The fourth-order valence-electron chi connectivity index (χ4n) is 1.42. The van der Waals surface area contributed by atoms with Gasteiger partial charge in [-0.1, -0.05) is 30.3 Å². The molecule has 0 aliphatic carbocycles. The molecule has 2 nitrogen and oxygen atoms in total. The van der Waals surface area contributed by atoms with E-state index in [1.165, 1.54) is 6.07 Å². The summed E-state index contributed by atoms with van der Waals surface area (Å²) in [4.78, 5) is 3.88. The minimum Gasteiger partial charge on any atom is -0.473 e. The van der Waals surface area contributed by atoms with Gasteiger partial charge in [0.2, 0.25) is 5.88 Å². The third-order valence-corrected chi connectivity index (χ3v) is 2.54. The number of pyridine rings is 1. The molecule has 0 atom stereocenters. The van der Waals surface area contributed by atoms with Gasteiger partial charge in [0.05, 0.1) is 12.1 Å². The second-order valence-corrected chi connectivity index (χ2v) is 3.79. The molecule has 1 aromatic heterocycles. The Morgan fingerprint density at radius 3 is 2.71 bits per heavy atom. The summed E-state index contributed by atoms with van der Waals surface area (Å²) in [5, 5.41) is 0. The SMILES string of the molecule is Fc1cnc(OCc2ccccc2)c(CCl)c1. The van der Waals surface area contributed by atoms with Crippen LogP contribution in [0.5, 0.6) is 5.88 Å². The second-order valence-electron chi connectivity index (χ2n) is 3.53. The van der Waals surface area contributed by atoms with E-state index in [1.54, 1.807) is 0 Å². The molecule has 0 radical (unpaired) electrons. The molecule has 88 valence electrons. The van der Waals surface area contributed by atoms with Crippen LogP contribution < -0.4 is 4.74 Å². The van der Waals surface area contributed by atoms with Gasteiger partial charge in [0, 0.05) is 5.56 Å². The molecule has 1 aromatic carbocycles. The molecular weight excluding hydrogens is 241 g/mol. The van der Waals surface area contributed by atoms with Gasteiger partial charge < -0.3 is 4.74 Å². The van der Waals surface area contributed by atoms with Gasteiger partial charge in [0.1, 0.15) is 12.4 Å². The Hall–Kier alpha value is -1.61. The van der Waals surface area contributed by atoms with Crippen LogP contribution in [-0.2, 0) is 12.5 Å². The molecule has 4 heteroatoms. The Labute approximate surface area is 104 Å². The molecule has 0 fully saturated rings. The Bertz CT molecular complexity index is 490. The molecule has 0 aliphatic heterocycles. The van der Waals surface area contributed by atoms with Crippen molar-refractivity contribution in [1.82, 2.24) is 4.98 Å². The van der Waals surface area contributed by atoms with Crippen molar-refractivity contribution in [3.8, 4) is 5.88 Å². The van der Waals surface area contributed by atoms with Crippen molar-refractivity contribution in [2.45, 2.75) is 12.5 Å². The van der Waals surface area contributed by atoms with Crippen LogP contribution in [0.3, 0.4) is 0 Å². The largest absolute Gasteiger partial charge is 0.473 e. The fourth-order valence-corrected chi connectivity index (χ4v) is 1.61. The first-order valence-electron chi connectivity index (χ1n) is 5.16. The summed E-state index contributed by atoms with van der Waals surface area (Å²) in [5.41, 5.74) is 1.58. The molecule has 0 bridgehead atoms. The topological polar surface area (TPSA) is 22.1 Å². The maximum atomic E-state index is 12.9. The zero-order valence-corrected chi connectivity index (χ0v) is 9.82. The summed E-state index contributed by atoms with van der Waals surface area (Å²) in [5.74, 6) is 0.146. The zero-order valence-electron chi connectivity index (χ0n) is 9.07. The van der Waals surface area contributed by atoms with Gasteiger partial charge in [-0.3, -0.25) is 0 Å². The van der Waals surface area contributed by atoms with Gasteiger partial charge in [0.15, 0.2) is 0 Å². The van der Waals surface area contributed by atoms with Gasteiger partial charge in [-0.05, 0) is 11.6 Å². The van der Waals surface area contributed by atoms with Crippen LogP contribution >= 0.6 is 11.6 Å². The van der Waals surface area contributed by atoms with E-state index in [4.69, 9.17) is 16.3 Å². The van der Waals surface area contributed by atoms with E-state index in [2.05, 4.69) is 4.98 Å². The summed E-state index contributed by atoms with van der Waals surface area (Å²) in [6.45, 7) is 0.392. The number of hydrogen-bond donors (Lipinski definition) is 0. The van der Waals surface area contributed by atoms with Crippen LogP contribution in [0.25, 0.3) is 0 Å². The molecule has 0 unspecified atom stereocenters. The number of alkyl halides is 1. The third-order valence-electron chi connectivity index (χ3n) is 2.25. The lowest BCUT2D eigenvalue weighted by molar-refractivity contribution is 0.290. The number of ether oxygens (including phenoxy) is 1. The number of aromatic nitrogens is 1. The predicted molar refractivity (Wildman–Crippen MR) is 64.5 cm³/mol. The second kappa shape index (κ2) is 5.64. The monoisotopic (exact) mass is 251 g/mol. The quantitative estimate of drug-likeness (QED) is 0.776. The van der Waals surface area contributed by atoms with E-state index < -0.39 is 5.82 Å². The molecule has 0 N–H and O–H groups in total. The van der Waals surface area contributed by atoms with Gasteiger partial charge >= 0.3 is 0 Å². The first kappa shape index (κ1) is 11.9. The first-order chi connectivity index (χ1) is 8.29. The molecule has 0 spiro atoms. The van der Waals surface area contributed by atoms with Gasteiger partial charge in [-0.2, -0.15) is 0 Å². The molecule has 0 saturated carbocycles. The maximum absolute atomic E-state index is 12.9. The average molecular weight is 252 g/mol. The standard InChI is InChI=1S/C13H11ClFNO/c14-7-11-6-12(15)8-16-13(11)17-9-10-4-2-1-3-5-10/h1-6,8H,7,9H2. The van der Waals surface area contributed by atoms with Crippen LogP contribution in [0.15, 0.2) is 42.6 Å². The lowest BCUT2D eigenvalue weighted by Crippen LogP contribution is -2.00. The van der Waals surface area contributed by atoms with Crippen LogP contribution in [0, 0.1) is 5.82 Å². The molecule has 2 aromatic rings. The van der Waals surface area contributed by atoms with Gasteiger partial charge in [-0.25, -0.2) is 9.37 Å². The molecule has 1 heterocycles. The molecule has 17 heavy (non-hydrogen) atoms. The van der Waals surface area contributed by atoms with Crippen molar-refractivity contribution >= 4 is 11.6 Å². The van der Waals surface area contributed by atoms with Crippen LogP contribution in [0.1, 0.15) is 11.1 Å². The van der Waals surface area contributed by atoms with Crippen molar-refractivity contribution in [3.05, 3.63) is 59.5 Å². The van der Waals surface area contributed by atoms with Crippen molar-refractivity contribution in [3.63, 3.8) is 0 Å². The first-order valence-corrected chi connectivity index (χ1v) is 5.70. The summed E-state index contributed by atoms with van der Waals surface area (Å²) in [6.07, 6.45) is 1.12. The molecular formula is C13H11ClFNO. The van der Waals surface area contributed by atoms with Crippen LogP contribution in [0.4, 0.5) is 4.39 Å². The number of benzene rings is 1. The molecule has 0 amide bonds. The van der Waals surface area contributed by atoms with E-state index in [0.29, 0.717) is 18.1 Å². The minimum atomic E-state index is -0.410. The minimum absolute atomic E-state index is 0.175. The average Bonchev–Trinajstić information content (AvgIpc) is 2.38. The van der Waals surface area contributed by atoms with Crippen LogP contribution in [-0.4, -0.2) is 4.98 Å². The summed E-state index contributed by atoms with van der Waals surface area (Å²) < 4.78 is 18.4. The fraction of sp³-hybridized carbons (Fsp3) is 0.154. The predicted octanol–water partition coefficient (Wildman–Crippen LogP) is 3.54. The molecule has 2 rings (SSSR count). The Kier molecular flexibility index (Phi) is 3.94. The Balaban J connectivity index is 2.09. The summed E-state index contributed by atoms with van der Waals surface area (Å²) in [6, 6.07) is 11.0. The Morgan fingerprint density at radius 2 is 2.00 bits per heavy atom. The van der Waals surface area contributed by atoms with Gasteiger partial charge in [0.25, 0.3) is 0 Å². The van der Waals surface area contributed by atoms with E-state index in [1.807, 2.05) is 30.3 Å². The molecule has 0 aliphatic rings. The smallest absolute Gasteiger partial charge is 0.218 e. The third kappa shape index (κ3) is 3.17. The number of rotatable bonds is 4. The highest BCUT2D eigenvalue weighted by Crippen LogP contribution is 2.19. The lowest BCUT2D eigenvalue weighted by Gasteiger charge is -2.08. The van der Waals surface area contributed by atoms with E-state index in [0.717, 1.165) is 11.8 Å². The highest BCUT2D eigenvalue weighted by Gasteiger charge is 2.06. The normalized spacial score (nSPS) is 10.2. The van der Waals surface area contributed by atoms with Crippen molar-refractivity contribution in [2.75, 3.05) is 0 Å². The molecule has 0 saturated heterocycles. The number of nitrogens with zero attached hydrogens (tertiary/aromatic N) is 1. The summed E-state index contributed by atoms with van der Waals surface area (Å²) in [7, 11) is 0. The van der Waals surface area contributed by atoms with Crippen molar-refractivity contribution in [2.24, 2.45) is 0 Å². The Morgan fingerprint density at radius 1 is 1.24 bits per heavy atom. The highest BCUT2D eigenvalue weighted by atomic mass is 35.5. The van der Waals surface area contributed by atoms with Crippen molar-refractivity contribution in [1.29, 1.82) is 0 Å². The highest BCUT2D eigenvalue weighted by molar-refractivity contribution is 6.17. The zero-order chi connectivity index (χ0) is 12.1. The number of halogens is 2. The lowest BCUT2D eigenvalue weighted by atomic mass is 10.2. The summed E-state index contributed by atoms with van der Waals surface area (Å²) >= 11 is 5.70. The van der Waals surface area contributed by atoms with E-state index >= 15 is 0 Å². The van der Waals surface area contributed by atoms with Gasteiger partial charge in [-0.15, -0.1) is 11.6 Å². The van der Waals surface area contributed by atoms with E-state index in [9.17, 15) is 4.39 Å².